The van der Waals surface area contributed by atoms with Crippen molar-refractivity contribution in [2.24, 2.45) is 0 Å². The van der Waals surface area contributed by atoms with Crippen LogP contribution in [0, 0.1) is 0 Å². The first-order valence-corrected chi connectivity index (χ1v) is 6.77. The highest BCUT2D eigenvalue weighted by Gasteiger charge is 2.31. The van der Waals surface area contributed by atoms with E-state index in [-0.39, 0.29) is 5.60 Å². The molecule has 1 heterocycles. The first kappa shape index (κ1) is 13.4. The van der Waals surface area contributed by atoms with Crippen molar-refractivity contribution >= 4 is 0 Å². The molecule has 1 saturated heterocycles. The van der Waals surface area contributed by atoms with Gasteiger partial charge >= 0.3 is 0 Å². The van der Waals surface area contributed by atoms with Gasteiger partial charge in [-0.3, -0.25) is 0 Å². The molecule has 3 nitrogen and oxygen atoms in total. The SMILES string of the molecule is CCC1(C)CC(NCc2ccccc2O)CCO1. The molecule has 1 aliphatic rings. The smallest absolute Gasteiger partial charge is 0.120 e. The molecule has 100 valence electrons. The second-order valence-electron chi connectivity index (χ2n) is 5.35. The van der Waals surface area contributed by atoms with E-state index >= 15 is 0 Å². The van der Waals surface area contributed by atoms with Gasteiger partial charge in [-0.25, -0.2) is 0 Å². The van der Waals surface area contributed by atoms with Gasteiger partial charge in [0.1, 0.15) is 5.75 Å². The Kier molecular flexibility index (Phi) is 4.25. The average molecular weight is 249 g/mol. The molecule has 1 fully saturated rings. The van der Waals surface area contributed by atoms with E-state index in [4.69, 9.17) is 4.74 Å². The van der Waals surface area contributed by atoms with Crippen LogP contribution in [0.25, 0.3) is 0 Å². The van der Waals surface area contributed by atoms with Gasteiger partial charge in [-0.15, -0.1) is 0 Å². The van der Waals surface area contributed by atoms with E-state index in [9.17, 15) is 5.11 Å². The summed E-state index contributed by atoms with van der Waals surface area (Å²) in [5, 5.41) is 13.3. The first-order chi connectivity index (χ1) is 8.63. The summed E-state index contributed by atoms with van der Waals surface area (Å²) >= 11 is 0. The van der Waals surface area contributed by atoms with E-state index in [1.165, 1.54) is 0 Å². The highest BCUT2D eigenvalue weighted by atomic mass is 16.5. The Morgan fingerprint density at radius 3 is 2.94 bits per heavy atom. The van der Waals surface area contributed by atoms with Crippen molar-refractivity contribution in [2.75, 3.05) is 6.61 Å². The van der Waals surface area contributed by atoms with E-state index in [1.54, 1.807) is 6.07 Å². The Morgan fingerprint density at radius 2 is 2.22 bits per heavy atom. The molecule has 2 N–H and O–H groups in total. The number of hydrogen-bond acceptors (Lipinski definition) is 3. The van der Waals surface area contributed by atoms with E-state index in [1.807, 2.05) is 18.2 Å². The summed E-state index contributed by atoms with van der Waals surface area (Å²) in [4.78, 5) is 0. The lowest BCUT2D eigenvalue weighted by Gasteiger charge is -2.38. The van der Waals surface area contributed by atoms with Crippen LogP contribution in [0.2, 0.25) is 0 Å². The van der Waals surface area contributed by atoms with Crippen LogP contribution in [0.4, 0.5) is 0 Å². The zero-order chi connectivity index (χ0) is 13.0. The zero-order valence-electron chi connectivity index (χ0n) is 11.3. The van der Waals surface area contributed by atoms with E-state index in [2.05, 4.69) is 19.2 Å². The van der Waals surface area contributed by atoms with Gasteiger partial charge in [0.25, 0.3) is 0 Å². The Balaban J connectivity index is 1.89. The molecular formula is C15H23NO2. The molecule has 0 aromatic heterocycles. The summed E-state index contributed by atoms with van der Waals surface area (Å²) in [5.74, 6) is 0.371. The number of phenolic OH excluding ortho intramolecular Hbond substituents is 1. The molecule has 0 spiro atoms. The molecule has 2 unspecified atom stereocenters. The minimum Gasteiger partial charge on any atom is -0.508 e. The first-order valence-electron chi connectivity index (χ1n) is 6.77. The molecule has 1 aromatic carbocycles. The molecule has 1 aromatic rings. The Hall–Kier alpha value is -1.06. The third kappa shape index (κ3) is 3.24. The van der Waals surface area contributed by atoms with Crippen LogP contribution in [0.1, 0.15) is 38.7 Å². The van der Waals surface area contributed by atoms with Gasteiger partial charge < -0.3 is 15.2 Å². The van der Waals surface area contributed by atoms with Crippen molar-refractivity contribution in [2.45, 2.75) is 51.3 Å². The van der Waals surface area contributed by atoms with Crippen LogP contribution in [0.15, 0.2) is 24.3 Å². The van der Waals surface area contributed by atoms with Gasteiger partial charge in [0.15, 0.2) is 0 Å². The molecule has 0 aliphatic carbocycles. The van der Waals surface area contributed by atoms with Gasteiger partial charge in [0, 0.05) is 24.8 Å². The van der Waals surface area contributed by atoms with Crippen LogP contribution < -0.4 is 5.32 Å². The van der Waals surface area contributed by atoms with Crippen molar-refractivity contribution in [3.8, 4) is 5.75 Å². The number of phenols is 1. The number of benzene rings is 1. The second-order valence-corrected chi connectivity index (χ2v) is 5.35. The Bertz CT molecular complexity index is 394. The standard InChI is InChI=1S/C15H23NO2/c1-3-15(2)10-13(8-9-18-15)16-11-12-6-4-5-7-14(12)17/h4-7,13,16-17H,3,8-11H2,1-2H3. The third-order valence-electron chi connectivity index (χ3n) is 3.92. The molecule has 2 rings (SSSR count). The second kappa shape index (κ2) is 5.72. The van der Waals surface area contributed by atoms with Crippen LogP contribution in [-0.2, 0) is 11.3 Å². The predicted molar refractivity (Wildman–Crippen MR) is 72.6 cm³/mol. The molecule has 1 aliphatic heterocycles. The number of aromatic hydroxyl groups is 1. The van der Waals surface area contributed by atoms with E-state index in [0.717, 1.165) is 38.0 Å². The van der Waals surface area contributed by atoms with Gasteiger partial charge in [-0.05, 0) is 32.3 Å². The Morgan fingerprint density at radius 1 is 1.44 bits per heavy atom. The summed E-state index contributed by atoms with van der Waals surface area (Å²) in [6.07, 6.45) is 3.13. The maximum Gasteiger partial charge on any atom is 0.120 e. The predicted octanol–water partition coefficient (Wildman–Crippen LogP) is 2.83. The van der Waals surface area contributed by atoms with Crippen LogP contribution >= 0.6 is 0 Å². The van der Waals surface area contributed by atoms with E-state index < -0.39 is 0 Å². The molecule has 0 saturated carbocycles. The minimum absolute atomic E-state index is 0.00858. The summed E-state index contributed by atoms with van der Waals surface area (Å²) in [6.45, 7) is 5.89. The van der Waals surface area contributed by atoms with Crippen molar-refractivity contribution < 1.29 is 9.84 Å². The molecule has 0 amide bonds. The minimum atomic E-state index is 0.00858. The lowest BCUT2D eigenvalue weighted by Crippen LogP contribution is -2.44. The van der Waals surface area contributed by atoms with Crippen LogP contribution in [0.3, 0.4) is 0 Å². The normalized spacial score (nSPS) is 28.2. The van der Waals surface area contributed by atoms with Gasteiger partial charge in [0.05, 0.1) is 5.60 Å². The fraction of sp³-hybridized carbons (Fsp3) is 0.600. The van der Waals surface area contributed by atoms with Gasteiger partial charge in [-0.2, -0.15) is 0 Å². The molecule has 18 heavy (non-hydrogen) atoms. The zero-order valence-corrected chi connectivity index (χ0v) is 11.3. The quantitative estimate of drug-likeness (QED) is 0.862. The van der Waals surface area contributed by atoms with E-state index in [0.29, 0.717) is 11.8 Å². The molecule has 2 atom stereocenters. The number of para-hydroxylation sites is 1. The molecule has 0 bridgehead atoms. The summed E-state index contributed by atoms with van der Waals surface area (Å²) in [7, 11) is 0. The fourth-order valence-corrected chi connectivity index (χ4v) is 2.47. The summed E-state index contributed by atoms with van der Waals surface area (Å²) < 4.78 is 5.83. The molecular weight excluding hydrogens is 226 g/mol. The van der Waals surface area contributed by atoms with Crippen molar-refractivity contribution in [1.29, 1.82) is 0 Å². The maximum absolute atomic E-state index is 9.72. The lowest BCUT2D eigenvalue weighted by molar-refractivity contribution is -0.0781. The number of ether oxygens (including phenoxy) is 1. The van der Waals surface area contributed by atoms with Crippen molar-refractivity contribution in [1.82, 2.24) is 5.32 Å². The largest absolute Gasteiger partial charge is 0.508 e. The maximum atomic E-state index is 9.72. The number of nitrogens with one attached hydrogen (secondary N) is 1. The number of hydrogen-bond donors (Lipinski definition) is 2. The van der Waals surface area contributed by atoms with Gasteiger partial charge in [0.2, 0.25) is 0 Å². The number of rotatable bonds is 4. The summed E-state index contributed by atoms with van der Waals surface area (Å²) in [6, 6.07) is 7.97. The fourth-order valence-electron chi connectivity index (χ4n) is 2.47. The molecule has 0 radical (unpaired) electrons. The monoisotopic (exact) mass is 249 g/mol. The average Bonchev–Trinajstić information content (AvgIpc) is 2.38. The lowest BCUT2D eigenvalue weighted by atomic mass is 9.90. The molecule has 3 heteroatoms. The van der Waals surface area contributed by atoms with Crippen LogP contribution in [-0.4, -0.2) is 23.4 Å². The Labute approximate surface area is 109 Å². The highest BCUT2D eigenvalue weighted by molar-refractivity contribution is 5.31. The third-order valence-corrected chi connectivity index (χ3v) is 3.92. The topological polar surface area (TPSA) is 41.5 Å². The van der Waals surface area contributed by atoms with Crippen molar-refractivity contribution in [3.63, 3.8) is 0 Å². The van der Waals surface area contributed by atoms with Crippen molar-refractivity contribution in [3.05, 3.63) is 29.8 Å². The highest BCUT2D eigenvalue weighted by Crippen LogP contribution is 2.28. The summed E-state index contributed by atoms with van der Waals surface area (Å²) in [5.41, 5.74) is 0.969. The van der Waals surface area contributed by atoms with Crippen LogP contribution in [0.5, 0.6) is 5.75 Å². The van der Waals surface area contributed by atoms with Gasteiger partial charge in [-0.1, -0.05) is 25.1 Å².